The van der Waals surface area contributed by atoms with Crippen LogP contribution in [-0.2, 0) is 0 Å². The van der Waals surface area contributed by atoms with Gasteiger partial charge in [0.15, 0.2) is 11.6 Å². The summed E-state index contributed by atoms with van der Waals surface area (Å²) in [5.41, 5.74) is 2.11. The van der Waals surface area contributed by atoms with Crippen molar-refractivity contribution in [3.8, 4) is 16.9 Å². The van der Waals surface area contributed by atoms with Gasteiger partial charge in [-0.1, -0.05) is 53.5 Å². The summed E-state index contributed by atoms with van der Waals surface area (Å²) in [6, 6.07) is 12.9. The molecule has 7 heteroatoms. The lowest BCUT2D eigenvalue weighted by atomic mass is 9.99. The van der Waals surface area contributed by atoms with Crippen LogP contribution in [0, 0.1) is 0 Å². The van der Waals surface area contributed by atoms with Gasteiger partial charge in [-0.15, -0.1) is 0 Å². The van der Waals surface area contributed by atoms with Crippen molar-refractivity contribution in [2.75, 3.05) is 18.0 Å². The Morgan fingerprint density at radius 1 is 1.04 bits per heavy atom. The van der Waals surface area contributed by atoms with E-state index in [-0.39, 0.29) is 5.75 Å². The van der Waals surface area contributed by atoms with Crippen LogP contribution in [0.1, 0.15) is 19.3 Å². The van der Waals surface area contributed by atoms with E-state index in [4.69, 9.17) is 32.9 Å². The van der Waals surface area contributed by atoms with Crippen LogP contribution >= 0.6 is 23.2 Å². The Labute approximate surface area is 172 Å². The predicted molar refractivity (Wildman–Crippen MR) is 112 cm³/mol. The average molecular weight is 417 g/mol. The first kappa shape index (κ1) is 18.8. The van der Waals surface area contributed by atoms with Crippen molar-refractivity contribution in [1.82, 2.24) is 4.98 Å². The first-order valence-corrected chi connectivity index (χ1v) is 9.84. The highest BCUT2D eigenvalue weighted by atomic mass is 35.5. The van der Waals surface area contributed by atoms with Crippen molar-refractivity contribution in [3.05, 3.63) is 52.5 Å². The summed E-state index contributed by atoms with van der Waals surface area (Å²) in [7, 11) is 0. The summed E-state index contributed by atoms with van der Waals surface area (Å²) in [6.45, 7) is 1.59. The number of hydrogen-bond donors (Lipinski definition) is 1. The van der Waals surface area contributed by atoms with Crippen LogP contribution in [-0.4, -0.2) is 29.3 Å². The van der Waals surface area contributed by atoms with Gasteiger partial charge in [-0.2, -0.15) is 0 Å². The number of aromatic nitrogens is 1. The maximum atomic E-state index is 11.5. The zero-order valence-electron chi connectivity index (χ0n) is 15.0. The lowest BCUT2D eigenvalue weighted by molar-refractivity contribution is 0.144. The average Bonchev–Trinajstić information content (AvgIpc) is 2.70. The molecule has 2 aromatic carbocycles. The number of carboxylic acid groups (broad SMARTS) is 1. The van der Waals surface area contributed by atoms with Crippen LogP contribution in [0.5, 0.6) is 5.75 Å². The molecule has 144 valence electrons. The van der Waals surface area contributed by atoms with E-state index in [1.165, 1.54) is 0 Å². The Morgan fingerprint density at radius 2 is 1.71 bits per heavy atom. The van der Waals surface area contributed by atoms with Crippen LogP contribution in [0.15, 0.2) is 42.5 Å². The Bertz CT molecular complexity index is 1030. The number of carbonyl (C=O) groups is 1. The van der Waals surface area contributed by atoms with Gasteiger partial charge in [0, 0.05) is 24.0 Å². The minimum atomic E-state index is -1.38. The lowest BCUT2D eigenvalue weighted by Crippen LogP contribution is -2.31. The predicted octanol–water partition coefficient (Wildman–Crippen LogP) is 6.26. The fourth-order valence-corrected chi connectivity index (χ4v) is 3.95. The molecule has 0 bridgehead atoms. The molecule has 0 unspecified atom stereocenters. The summed E-state index contributed by atoms with van der Waals surface area (Å²) >= 11 is 12.5. The van der Waals surface area contributed by atoms with E-state index >= 15 is 0 Å². The molecule has 1 fully saturated rings. The molecule has 28 heavy (non-hydrogen) atoms. The Balaban J connectivity index is 2.07. The largest absolute Gasteiger partial charge is 0.511 e. The molecule has 1 aliphatic rings. The molecular weight excluding hydrogens is 399 g/mol. The zero-order valence-corrected chi connectivity index (χ0v) is 16.5. The molecule has 4 rings (SSSR count). The highest BCUT2D eigenvalue weighted by Crippen LogP contribution is 2.44. The minimum Gasteiger partial charge on any atom is -0.449 e. The van der Waals surface area contributed by atoms with Crippen molar-refractivity contribution < 1.29 is 14.6 Å². The fraction of sp³-hybridized carbons (Fsp3) is 0.238. The van der Waals surface area contributed by atoms with Gasteiger partial charge in [0.05, 0.1) is 15.6 Å². The van der Waals surface area contributed by atoms with E-state index in [1.807, 2.05) is 30.3 Å². The second kappa shape index (κ2) is 7.86. The third kappa shape index (κ3) is 3.60. The fourth-order valence-electron chi connectivity index (χ4n) is 3.62. The van der Waals surface area contributed by atoms with Crippen LogP contribution < -0.4 is 9.64 Å². The molecule has 0 radical (unpaired) electrons. The third-order valence-electron chi connectivity index (χ3n) is 4.87. The summed E-state index contributed by atoms with van der Waals surface area (Å²) in [4.78, 5) is 18.3. The number of halogens is 2. The van der Waals surface area contributed by atoms with Crippen molar-refractivity contribution in [2.45, 2.75) is 19.3 Å². The highest BCUT2D eigenvalue weighted by molar-refractivity contribution is 6.43. The quantitative estimate of drug-likeness (QED) is 0.510. The lowest BCUT2D eigenvalue weighted by Gasteiger charge is -2.30. The van der Waals surface area contributed by atoms with Crippen LogP contribution in [0.25, 0.3) is 22.0 Å². The van der Waals surface area contributed by atoms with Gasteiger partial charge in [0.25, 0.3) is 0 Å². The summed E-state index contributed by atoms with van der Waals surface area (Å²) in [5.74, 6) is 0.748. The van der Waals surface area contributed by atoms with E-state index in [1.54, 1.807) is 12.1 Å². The molecule has 1 saturated heterocycles. The second-order valence-corrected chi connectivity index (χ2v) is 7.52. The number of ether oxygens (including phenoxy) is 1. The number of benzene rings is 2. The third-order valence-corrected chi connectivity index (χ3v) is 5.59. The van der Waals surface area contributed by atoms with Crippen LogP contribution in [0.4, 0.5) is 10.6 Å². The highest BCUT2D eigenvalue weighted by Gasteiger charge is 2.25. The molecule has 0 atom stereocenters. The molecule has 1 aromatic heterocycles. The van der Waals surface area contributed by atoms with Crippen LogP contribution in [0.2, 0.25) is 10.0 Å². The van der Waals surface area contributed by atoms with Crippen molar-refractivity contribution in [2.24, 2.45) is 0 Å². The Hall–Kier alpha value is -2.50. The smallest absolute Gasteiger partial charge is 0.449 e. The van der Waals surface area contributed by atoms with E-state index < -0.39 is 6.16 Å². The van der Waals surface area contributed by atoms with E-state index in [2.05, 4.69) is 4.90 Å². The first-order valence-electron chi connectivity index (χ1n) is 9.08. The normalized spacial score (nSPS) is 14.3. The van der Waals surface area contributed by atoms with Crippen molar-refractivity contribution >= 4 is 46.1 Å². The summed E-state index contributed by atoms with van der Waals surface area (Å²) in [6.07, 6.45) is 1.81. The molecule has 1 N–H and O–H groups in total. The molecule has 5 nitrogen and oxygen atoms in total. The Kier molecular flexibility index (Phi) is 5.29. The van der Waals surface area contributed by atoms with Gasteiger partial charge in [-0.3, -0.25) is 0 Å². The molecule has 0 amide bonds. The standard InChI is InChI=1S/C21H18Cl2N2O3/c22-15-11-14-17(12-16(15)23)24-20(25-9-5-2-6-10-25)19(28-21(26)27)18(14)13-7-3-1-4-8-13/h1,3-4,7-8,11-12H,2,5-6,9-10H2,(H,26,27). The van der Waals surface area contributed by atoms with E-state index in [0.29, 0.717) is 32.3 Å². The van der Waals surface area contributed by atoms with Gasteiger partial charge in [0.1, 0.15) is 0 Å². The number of nitrogens with zero attached hydrogens (tertiary/aromatic N) is 2. The van der Waals surface area contributed by atoms with E-state index in [0.717, 1.165) is 37.9 Å². The Morgan fingerprint density at radius 3 is 2.39 bits per heavy atom. The van der Waals surface area contributed by atoms with Crippen molar-refractivity contribution in [3.63, 3.8) is 0 Å². The molecule has 2 heterocycles. The molecule has 3 aromatic rings. The van der Waals surface area contributed by atoms with E-state index in [9.17, 15) is 9.90 Å². The number of rotatable bonds is 3. The van der Waals surface area contributed by atoms with Gasteiger partial charge >= 0.3 is 6.16 Å². The molecular formula is C21H18Cl2N2O3. The number of fused-ring (bicyclic) bond motifs is 1. The second-order valence-electron chi connectivity index (χ2n) is 6.70. The maximum absolute atomic E-state index is 11.5. The molecule has 0 saturated carbocycles. The first-order chi connectivity index (χ1) is 13.5. The topological polar surface area (TPSA) is 62.7 Å². The number of hydrogen-bond acceptors (Lipinski definition) is 4. The zero-order chi connectivity index (χ0) is 19.7. The van der Waals surface area contributed by atoms with Crippen molar-refractivity contribution in [1.29, 1.82) is 0 Å². The number of piperidine rings is 1. The van der Waals surface area contributed by atoms with Gasteiger partial charge in [0.2, 0.25) is 0 Å². The monoisotopic (exact) mass is 416 g/mol. The number of anilines is 1. The summed E-state index contributed by atoms with van der Waals surface area (Å²) < 4.78 is 5.30. The molecule has 0 spiro atoms. The maximum Gasteiger partial charge on any atom is 0.511 e. The number of pyridine rings is 1. The van der Waals surface area contributed by atoms with Gasteiger partial charge < -0.3 is 14.7 Å². The minimum absolute atomic E-state index is 0.228. The van der Waals surface area contributed by atoms with Gasteiger partial charge in [-0.05, 0) is 37.0 Å². The molecule has 1 aliphatic heterocycles. The summed E-state index contributed by atoms with van der Waals surface area (Å²) in [5, 5.41) is 10.9. The molecule has 0 aliphatic carbocycles. The SMILES string of the molecule is O=C(O)Oc1c(N2CCCCC2)nc2cc(Cl)c(Cl)cc2c1-c1ccccc1. The van der Waals surface area contributed by atoms with Gasteiger partial charge in [-0.25, -0.2) is 9.78 Å². The van der Waals surface area contributed by atoms with Crippen LogP contribution in [0.3, 0.4) is 0 Å².